The second kappa shape index (κ2) is 5.19. The van der Waals surface area contributed by atoms with E-state index in [4.69, 9.17) is 17.3 Å². The Hall–Kier alpha value is -1.58. The van der Waals surface area contributed by atoms with E-state index >= 15 is 0 Å². The number of aromatic nitrogens is 1. The molecule has 0 aliphatic heterocycles. The van der Waals surface area contributed by atoms with Crippen LogP contribution in [0.4, 0.5) is 0 Å². The smallest absolute Gasteiger partial charge is 0.186 e. The van der Waals surface area contributed by atoms with Crippen LogP contribution in [-0.4, -0.2) is 4.57 Å². The van der Waals surface area contributed by atoms with Crippen molar-refractivity contribution >= 4 is 11.6 Å². The quantitative estimate of drug-likeness (QED) is 0.916. The summed E-state index contributed by atoms with van der Waals surface area (Å²) in [6.07, 6.45) is 1.81. The van der Waals surface area contributed by atoms with Gasteiger partial charge in [0, 0.05) is 40.3 Å². The van der Waals surface area contributed by atoms with Gasteiger partial charge in [0.1, 0.15) is 0 Å². The van der Waals surface area contributed by atoms with Crippen molar-refractivity contribution in [3.05, 3.63) is 62.5 Å². The van der Waals surface area contributed by atoms with Crippen LogP contribution in [0.25, 0.3) is 5.69 Å². The molecule has 1 aromatic carbocycles. The molecule has 0 aliphatic rings. The molecule has 0 amide bonds. The standard InChI is InChI=1S/C15H17ClN2O/c1-9-7-15(19)12(11(3)17)8-18(9)14-6-4-5-13(16)10(14)2/h4-8,11H,17H2,1-3H3. The van der Waals surface area contributed by atoms with Gasteiger partial charge in [0.2, 0.25) is 0 Å². The first kappa shape index (κ1) is 13.8. The van der Waals surface area contributed by atoms with Gasteiger partial charge in [-0.15, -0.1) is 0 Å². The van der Waals surface area contributed by atoms with Gasteiger partial charge in [-0.05, 0) is 38.5 Å². The van der Waals surface area contributed by atoms with Crippen LogP contribution in [-0.2, 0) is 0 Å². The summed E-state index contributed by atoms with van der Waals surface area (Å²) in [4.78, 5) is 11.9. The van der Waals surface area contributed by atoms with Crippen LogP contribution in [0, 0.1) is 13.8 Å². The Morgan fingerprint density at radius 1 is 1.32 bits per heavy atom. The molecule has 2 rings (SSSR count). The Morgan fingerprint density at radius 2 is 2.00 bits per heavy atom. The Morgan fingerprint density at radius 3 is 2.63 bits per heavy atom. The van der Waals surface area contributed by atoms with Gasteiger partial charge in [0.15, 0.2) is 5.43 Å². The molecule has 100 valence electrons. The minimum absolute atomic E-state index is 0.0246. The number of hydrogen-bond acceptors (Lipinski definition) is 2. The molecule has 1 aromatic heterocycles. The molecular weight excluding hydrogens is 260 g/mol. The third-order valence-corrected chi connectivity index (χ3v) is 3.67. The van der Waals surface area contributed by atoms with Crippen LogP contribution < -0.4 is 11.2 Å². The average Bonchev–Trinajstić information content (AvgIpc) is 2.33. The molecule has 1 unspecified atom stereocenters. The lowest BCUT2D eigenvalue weighted by molar-refractivity contribution is 0.785. The van der Waals surface area contributed by atoms with Crippen molar-refractivity contribution in [1.82, 2.24) is 4.57 Å². The number of rotatable bonds is 2. The number of benzene rings is 1. The molecule has 0 radical (unpaired) electrons. The highest BCUT2D eigenvalue weighted by molar-refractivity contribution is 6.31. The van der Waals surface area contributed by atoms with E-state index in [2.05, 4.69) is 0 Å². The van der Waals surface area contributed by atoms with Crippen LogP contribution in [0.5, 0.6) is 0 Å². The zero-order valence-corrected chi connectivity index (χ0v) is 12.0. The van der Waals surface area contributed by atoms with Gasteiger partial charge in [-0.25, -0.2) is 0 Å². The summed E-state index contributed by atoms with van der Waals surface area (Å²) in [5.74, 6) is 0. The largest absolute Gasteiger partial charge is 0.324 e. The lowest BCUT2D eigenvalue weighted by atomic mass is 10.1. The molecule has 1 heterocycles. The Bertz CT molecular complexity index is 674. The van der Waals surface area contributed by atoms with Crippen molar-refractivity contribution in [2.45, 2.75) is 26.8 Å². The first-order chi connectivity index (χ1) is 8.91. The molecular formula is C15H17ClN2O. The van der Waals surface area contributed by atoms with Crippen LogP contribution >= 0.6 is 11.6 Å². The summed E-state index contributed by atoms with van der Waals surface area (Å²) in [5, 5.41) is 0.706. The van der Waals surface area contributed by atoms with E-state index in [-0.39, 0.29) is 11.5 Å². The summed E-state index contributed by atoms with van der Waals surface area (Å²) >= 11 is 6.15. The Kier molecular flexibility index (Phi) is 3.78. The minimum Gasteiger partial charge on any atom is -0.324 e. The summed E-state index contributed by atoms with van der Waals surface area (Å²) in [7, 11) is 0. The van der Waals surface area contributed by atoms with Crippen molar-refractivity contribution < 1.29 is 0 Å². The molecule has 0 saturated heterocycles. The van der Waals surface area contributed by atoms with Crippen molar-refractivity contribution in [2.24, 2.45) is 5.73 Å². The summed E-state index contributed by atoms with van der Waals surface area (Å²) in [5.41, 5.74) is 9.22. The fraction of sp³-hybridized carbons (Fsp3) is 0.267. The summed E-state index contributed by atoms with van der Waals surface area (Å²) in [6.45, 7) is 5.66. The van der Waals surface area contributed by atoms with Crippen LogP contribution in [0.1, 0.15) is 29.8 Å². The van der Waals surface area contributed by atoms with Gasteiger partial charge < -0.3 is 10.3 Å². The molecule has 3 nitrogen and oxygen atoms in total. The lowest BCUT2D eigenvalue weighted by Crippen LogP contribution is -2.20. The number of nitrogens with zero attached hydrogens (tertiary/aromatic N) is 1. The zero-order chi connectivity index (χ0) is 14.2. The van der Waals surface area contributed by atoms with E-state index < -0.39 is 0 Å². The third kappa shape index (κ3) is 2.57. The lowest BCUT2D eigenvalue weighted by Gasteiger charge is -2.16. The van der Waals surface area contributed by atoms with E-state index in [9.17, 15) is 4.79 Å². The first-order valence-electron chi connectivity index (χ1n) is 6.16. The molecule has 0 aliphatic carbocycles. The molecule has 0 fully saturated rings. The monoisotopic (exact) mass is 276 g/mol. The normalized spacial score (nSPS) is 12.5. The van der Waals surface area contributed by atoms with Crippen molar-refractivity contribution in [1.29, 1.82) is 0 Å². The van der Waals surface area contributed by atoms with E-state index in [1.807, 2.05) is 36.6 Å². The topological polar surface area (TPSA) is 48.0 Å². The molecule has 1 atom stereocenters. The van der Waals surface area contributed by atoms with Gasteiger partial charge in [-0.3, -0.25) is 4.79 Å². The molecule has 0 saturated carbocycles. The predicted octanol–water partition coefficient (Wildman–Crippen LogP) is 3.13. The highest BCUT2D eigenvalue weighted by atomic mass is 35.5. The molecule has 2 aromatic rings. The number of nitrogens with two attached hydrogens (primary N) is 1. The highest BCUT2D eigenvalue weighted by Crippen LogP contribution is 2.23. The molecule has 0 spiro atoms. The van der Waals surface area contributed by atoms with Crippen LogP contribution in [0.15, 0.2) is 35.3 Å². The summed E-state index contributed by atoms with van der Waals surface area (Å²) in [6, 6.07) is 7.04. The van der Waals surface area contributed by atoms with Crippen LogP contribution in [0.3, 0.4) is 0 Å². The number of halogens is 1. The van der Waals surface area contributed by atoms with E-state index in [1.54, 1.807) is 19.2 Å². The van der Waals surface area contributed by atoms with Gasteiger partial charge in [0.25, 0.3) is 0 Å². The maximum atomic E-state index is 11.9. The van der Waals surface area contributed by atoms with E-state index in [0.717, 1.165) is 16.9 Å². The first-order valence-corrected chi connectivity index (χ1v) is 6.54. The Labute approximate surface area is 117 Å². The minimum atomic E-state index is -0.293. The van der Waals surface area contributed by atoms with E-state index in [0.29, 0.717) is 10.6 Å². The third-order valence-electron chi connectivity index (χ3n) is 3.26. The fourth-order valence-corrected chi connectivity index (χ4v) is 2.28. The summed E-state index contributed by atoms with van der Waals surface area (Å²) < 4.78 is 1.96. The zero-order valence-electron chi connectivity index (χ0n) is 11.3. The number of hydrogen-bond donors (Lipinski definition) is 1. The maximum Gasteiger partial charge on any atom is 0.186 e. The number of aryl methyl sites for hydroxylation is 1. The maximum absolute atomic E-state index is 11.9. The number of pyridine rings is 1. The molecule has 2 N–H and O–H groups in total. The predicted molar refractivity (Wildman–Crippen MR) is 79.1 cm³/mol. The van der Waals surface area contributed by atoms with Crippen molar-refractivity contribution in [3.8, 4) is 5.69 Å². The molecule has 4 heteroatoms. The Balaban J connectivity index is 2.72. The van der Waals surface area contributed by atoms with E-state index in [1.165, 1.54) is 0 Å². The van der Waals surface area contributed by atoms with Crippen molar-refractivity contribution in [3.63, 3.8) is 0 Å². The van der Waals surface area contributed by atoms with Gasteiger partial charge >= 0.3 is 0 Å². The van der Waals surface area contributed by atoms with Crippen LogP contribution in [0.2, 0.25) is 5.02 Å². The second-order valence-electron chi connectivity index (χ2n) is 4.78. The van der Waals surface area contributed by atoms with Gasteiger partial charge in [0.05, 0.1) is 0 Å². The van der Waals surface area contributed by atoms with Crippen molar-refractivity contribution in [2.75, 3.05) is 0 Å². The molecule has 19 heavy (non-hydrogen) atoms. The average molecular weight is 277 g/mol. The fourth-order valence-electron chi connectivity index (χ4n) is 2.11. The van der Waals surface area contributed by atoms with Gasteiger partial charge in [-0.1, -0.05) is 17.7 Å². The highest BCUT2D eigenvalue weighted by Gasteiger charge is 2.11. The SMILES string of the molecule is Cc1c(Cl)cccc1-n1cc(C(C)N)c(=O)cc1C. The van der Waals surface area contributed by atoms with Gasteiger partial charge in [-0.2, -0.15) is 0 Å². The molecule has 0 bridgehead atoms. The second-order valence-corrected chi connectivity index (χ2v) is 5.18.